The van der Waals surface area contributed by atoms with E-state index in [4.69, 9.17) is 5.73 Å². The molecule has 0 radical (unpaired) electrons. The Morgan fingerprint density at radius 3 is 3.06 bits per heavy atom. The van der Waals surface area contributed by atoms with Crippen molar-refractivity contribution in [3.8, 4) is 0 Å². The third-order valence-corrected chi connectivity index (χ3v) is 3.24. The van der Waals surface area contributed by atoms with Gasteiger partial charge in [-0.05, 0) is 24.6 Å². The van der Waals surface area contributed by atoms with Crippen molar-refractivity contribution >= 4 is 32.7 Å². The fraction of sp³-hybridized carbons (Fsp3) is 0.273. The maximum atomic E-state index is 10.5. The highest BCUT2D eigenvalue weighted by molar-refractivity contribution is 7.22. The molecule has 1 aromatic carbocycles. The minimum Gasteiger partial charge on any atom is -0.360 e. The van der Waals surface area contributed by atoms with Crippen LogP contribution in [0.4, 0.5) is 9.93 Å². The number of hydrogen-bond acceptors (Lipinski definition) is 4. The molecule has 0 aliphatic heterocycles. The molecule has 2 aromatic rings. The largest absolute Gasteiger partial charge is 0.360 e. The molecule has 2 amide bonds. The number of urea groups is 1. The second-order valence-electron chi connectivity index (χ2n) is 3.71. The zero-order valence-corrected chi connectivity index (χ0v) is 10.3. The molecule has 0 bridgehead atoms. The number of thiazole rings is 1. The van der Waals surface area contributed by atoms with Gasteiger partial charge in [0.1, 0.15) is 0 Å². The second kappa shape index (κ2) is 5.01. The van der Waals surface area contributed by atoms with Gasteiger partial charge in [-0.1, -0.05) is 17.4 Å². The van der Waals surface area contributed by atoms with E-state index < -0.39 is 6.03 Å². The van der Waals surface area contributed by atoms with Crippen molar-refractivity contribution < 1.29 is 4.79 Å². The van der Waals surface area contributed by atoms with E-state index in [0.29, 0.717) is 13.1 Å². The maximum Gasteiger partial charge on any atom is 0.312 e. The van der Waals surface area contributed by atoms with Gasteiger partial charge >= 0.3 is 6.03 Å². The van der Waals surface area contributed by atoms with E-state index in [-0.39, 0.29) is 0 Å². The van der Waals surface area contributed by atoms with Crippen LogP contribution in [0.5, 0.6) is 0 Å². The van der Waals surface area contributed by atoms with Gasteiger partial charge in [-0.25, -0.2) is 9.78 Å². The number of benzene rings is 1. The number of nitrogens with one attached hydrogen (secondary N) is 2. The summed E-state index contributed by atoms with van der Waals surface area (Å²) in [6.45, 7) is 3.15. The van der Waals surface area contributed by atoms with Gasteiger partial charge in [-0.15, -0.1) is 0 Å². The highest BCUT2D eigenvalue weighted by Gasteiger charge is 2.02. The summed E-state index contributed by atoms with van der Waals surface area (Å²) in [5, 5.41) is 6.52. The number of hydrogen-bond donors (Lipinski definition) is 3. The number of nitrogens with zero attached hydrogens (tertiary/aromatic N) is 1. The number of aryl methyl sites for hydroxylation is 1. The minimum atomic E-state index is -0.508. The molecule has 0 aliphatic carbocycles. The molecule has 0 unspecified atom stereocenters. The summed E-state index contributed by atoms with van der Waals surface area (Å²) in [5.41, 5.74) is 7.16. The summed E-state index contributed by atoms with van der Waals surface area (Å²) in [4.78, 5) is 14.9. The number of fused-ring (bicyclic) bond motifs is 1. The molecule has 0 atom stereocenters. The first-order valence-corrected chi connectivity index (χ1v) is 6.11. The van der Waals surface area contributed by atoms with Gasteiger partial charge in [0.25, 0.3) is 0 Å². The molecule has 5 nitrogen and oxygen atoms in total. The summed E-state index contributed by atoms with van der Waals surface area (Å²) >= 11 is 1.60. The van der Waals surface area contributed by atoms with Crippen LogP contribution in [0.3, 0.4) is 0 Å². The monoisotopic (exact) mass is 250 g/mol. The molecule has 17 heavy (non-hydrogen) atoms. The first-order chi connectivity index (χ1) is 8.15. The highest BCUT2D eigenvalue weighted by Crippen LogP contribution is 2.26. The van der Waals surface area contributed by atoms with Gasteiger partial charge in [0.05, 0.1) is 10.2 Å². The zero-order chi connectivity index (χ0) is 12.3. The highest BCUT2D eigenvalue weighted by atomic mass is 32.1. The van der Waals surface area contributed by atoms with Gasteiger partial charge < -0.3 is 16.4 Å². The number of carbonyl (C=O) groups excluding carboxylic acids is 1. The van der Waals surface area contributed by atoms with Gasteiger partial charge in [-0.2, -0.15) is 0 Å². The first-order valence-electron chi connectivity index (χ1n) is 5.29. The lowest BCUT2D eigenvalue weighted by Gasteiger charge is -2.01. The topological polar surface area (TPSA) is 80.0 Å². The fourth-order valence-corrected chi connectivity index (χ4v) is 2.34. The number of aromatic nitrogens is 1. The maximum absolute atomic E-state index is 10.5. The Hall–Kier alpha value is -1.82. The zero-order valence-electron chi connectivity index (χ0n) is 9.49. The van der Waals surface area contributed by atoms with Gasteiger partial charge in [0.15, 0.2) is 5.13 Å². The van der Waals surface area contributed by atoms with E-state index >= 15 is 0 Å². The quantitative estimate of drug-likeness (QED) is 0.722. The molecule has 0 spiro atoms. The van der Waals surface area contributed by atoms with Crippen LogP contribution in [-0.2, 0) is 0 Å². The average molecular weight is 250 g/mol. The van der Waals surface area contributed by atoms with Crippen LogP contribution in [0.25, 0.3) is 10.2 Å². The molecular weight excluding hydrogens is 236 g/mol. The lowest BCUT2D eigenvalue weighted by molar-refractivity contribution is 0.249. The van der Waals surface area contributed by atoms with Crippen molar-refractivity contribution in [3.05, 3.63) is 23.8 Å². The predicted octanol–water partition coefficient (Wildman–Crippen LogP) is 1.68. The molecule has 4 N–H and O–H groups in total. The number of rotatable bonds is 4. The molecule has 0 saturated heterocycles. The Morgan fingerprint density at radius 1 is 1.47 bits per heavy atom. The van der Waals surface area contributed by atoms with E-state index in [2.05, 4.69) is 33.8 Å². The van der Waals surface area contributed by atoms with Crippen molar-refractivity contribution in [1.82, 2.24) is 10.3 Å². The molecule has 0 aliphatic rings. The second-order valence-corrected chi connectivity index (χ2v) is 4.74. The smallest absolute Gasteiger partial charge is 0.312 e. The lowest BCUT2D eigenvalue weighted by Crippen LogP contribution is -2.33. The standard InChI is InChI=1S/C11H14N4OS/c1-7-2-3-9-8(6-7)15-11(17-9)14-5-4-13-10(12)16/h2-3,6H,4-5H2,1H3,(H,14,15)(H3,12,13,16). The summed E-state index contributed by atoms with van der Waals surface area (Å²) in [6.07, 6.45) is 0. The van der Waals surface area contributed by atoms with Crippen LogP contribution in [0.15, 0.2) is 18.2 Å². The Morgan fingerprint density at radius 2 is 2.29 bits per heavy atom. The van der Waals surface area contributed by atoms with Gasteiger partial charge in [0, 0.05) is 13.1 Å². The third-order valence-electron chi connectivity index (χ3n) is 2.24. The number of anilines is 1. The summed E-state index contributed by atoms with van der Waals surface area (Å²) < 4.78 is 1.15. The Kier molecular flexibility index (Phi) is 3.43. The molecule has 6 heteroatoms. The van der Waals surface area contributed by atoms with Crippen LogP contribution in [0, 0.1) is 6.92 Å². The van der Waals surface area contributed by atoms with Crippen molar-refractivity contribution in [1.29, 1.82) is 0 Å². The average Bonchev–Trinajstić information content (AvgIpc) is 2.66. The van der Waals surface area contributed by atoms with Gasteiger partial charge in [-0.3, -0.25) is 0 Å². The van der Waals surface area contributed by atoms with E-state index in [1.807, 2.05) is 6.92 Å². The van der Waals surface area contributed by atoms with Crippen LogP contribution in [0.2, 0.25) is 0 Å². The summed E-state index contributed by atoms with van der Waals surface area (Å²) in [5.74, 6) is 0. The van der Waals surface area contributed by atoms with Crippen molar-refractivity contribution in [2.75, 3.05) is 18.4 Å². The SMILES string of the molecule is Cc1ccc2sc(NCCNC(N)=O)nc2c1. The predicted molar refractivity (Wildman–Crippen MR) is 70.4 cm³/mol. The Balaban J connectivity index is 1.97. The van der Waals surface area contributed by atoms with Crippen LogP contribution in [0.1, 0.15) is 5.56 Å². The van der Waals surface area contributed by atoms with Gasteiger partial charge in [0.2, 0.25) is 0 Å². The number of primary amides is 1. The van der Waals surface area contributed by atoms with E-state index in [9.17, 15) is 4.79 Å². The Labute approximate surface area is 103 Å². The molecule has 1 aromatic heterocycles. The third kappa shape index (κ3) is 3.07. The molecular formula is C11H14N4OS. The molecule has 1 heterocycles. The van der Waals surface area contributed by atoms with Crippen LogP contribution < -0.4 is 16.4 Å². The van der Waals surface area contributed by atoms with E-state index in [1.54, 1.807) is 11.3 Å². The fourth-order valence-electron chi connectivity index (χ4n) is 1.47. The van der Waals surface area contributed by atoms with Crippen molar-refractivity contribution in [2.24, 2.45) is 5.73 Å². The van der Waals surface area contributed by atoms with E-state index in [1.165, 1.54) is 5.56 Å². The molecule has 90 valence electrons. The van der Waals surface area contributed by atoms with E-state index in [0.717, 1.165) is 15.3 Å². The van der Waals surface area contributed by atoms with Crippen molar-refractivity contribution in [3.63, 3.8) is 0 Å². The lowest BCUT2D eigenvalue weighted by atomic mass is 10.2. The minimum absolute atomic E-state index is 0.490. The molecule has 0 saturated carbocycles. The summed E-state index contributed by atoms with van der Waals surface area (Å²) in [7, 11) is 0. The first kappa shape index (κ1) is 11.7. The Bertz CT molecular complexity index is 537. The van der Waals surface area contributed by atoms with Crippen molar-refractivity contribution in [2.45, 2.75) is 6.92 Å². The number of amides is 2. The number of nitrogens with two attached hydrogens (primary N) is 1. The van der Waals surface area contributed by atoms with Crippen LogP contribution >= 0.6 is 11.3 Å². The normalized spacial score (nSPS) is 10.4. The molecule has 2 rings (SSSR count). The number of carbonyl (C=O) groups is 1. The van der Waals surface area contributed by atoms with Crippen LogP contribution in [-0.4, -0.2) is 24.1 Å². The molecule has 0 fully saturated rings. The summed E-state index contributed by atoms with van der Waals surface area (Å²) in [6, 6.07) is 5.68.